The van der Waals surface area contributed by atoms with Gasteiger partial charge < -0.3 is 4.74 Å². The first kappa shape index (κ1) is 9.96. The molecule has 1 nitrogen and oxygen atoms in total. The van der Waals surface area contributed by atoms with E-state index in [1.165, 1.54) is 6.42 Å². The first-order valence-electron chi connectivity index (χ1n) is 3.99. The Hall–Kier alpha value is -0.0400. The van der Waals surface area contributed by atoms with Gasteiger partial charge in [-0.25, -0.2) is 0 Å². The summed E-state index contributed by atoms with van der Waals surface area (Å²) in [5.74, 6) is 0. The van der Waals surface area contributed by atoms with Gasteiger partial charge in [0.1, 0.15) is 0 Å². The summed E-state index contributed by atoms with van der Waals surface area (Å²) >= 11 is 0. The van der Waals surface area contributed by atoms with Gasteiger partial charge in [-0.15, -0.1) is 0 Å². The van der Waals surface area contributed by atoms with Crippen LogP contribution in [0.15, 0.2) is 0 Å². The molecule has 61 valence electrons. The van der Waals surface area contributed by atoms with E-state index < -0.39 is 0 Å². The van der Waals surface area contributed by atoms with E-state index in [1.54, 1.807) is 0 Å². The van der Waals surface area contributed by atoms with Crippen LogP contribution in [0.5, 0.6) is 0 Å². The molecule has 0 aliphatic carbocycles. The van der Waals surface area contributed by atoms with Gasteiger partial charge in [0.25, 0.3) is 0 Å². The number of hydrogen-bond acceptors (Lipinski definition) is 1. The number of rotatable bonds is 5. The Morgan fingerprint density at radius 1 is 1.40 bits per heavy atom. The minimum atomic E-state index is 0.0771. The van der Waals surface area contributed by atoms with Crippen molar-refractivity contribution in [1.82, 2.24) is 0 Å². The number of hydrogen-bond donors (Lipinski definition) is 0. The normalized spacial score (nSPS) is 12.0. The Morgan fingerprint density at radius 2 is 2.00 bits per heavy atom. The predicted octanol–water partition coefficient (Wildman–Crippen LogP) is 2.66. The summed E-state index contributed by atoms with van der Waals surface area (Å²) < 4.78 is 5.38. The molecule has 0 N–H and O–H groups in total. The third kappa shape index (κ3) is 7.96. The van der Waals surface area contributed by atoms with Gasteiger partial charge in [-0.1, -0.05) is 27.2 Å². The van der Waals surface area contributed by atoms with E-state index in [0.29, 0.717) is 0 Å². The third-order valence-corrected chi connectivity index (χ3v) is 1.14. The fourth-order valence-corrected chi connectivity index (χ4v) is 0.595. The zero-order valence-electron chi connectivity index (χ0n) is 7.44. The third-order valence-electron chi connectivity index (χ3n) is 1.14. The van der Waals surface area contributed by atoms with Crippen molar-refractivity contribution in [3.05, 3.63) is 6.92 Å². The zero-order chi connectivity index (χ0) is 8.04. The maximum Gasteiger partial charge on any atom is 0.0517 e. The molecule has 1 radical (unpaired) electrons. The highest BCUT2D eigenvalue weighted by atomic mass is 16.5. The molecule has 0 fully saturated rings. The summed E-state index contributed by atoms with van der Waals surface area (Å²) in [5.41, 5.74) is 0.0771. The van der Waals surface area contributed by atoms with Crippen molar-refractivity contribution in [3.63, 3.8) is 0 Å². The second-order valence-corrected chi connectivity index (χ2v) is 3.57. The van der Waals surface area contributed by atoms with Crippen LogP contribution < -0.4 is 0 Å². The minimum absolute atomic E-state index is 0.0771. The Kier molecular flexibility index (Phi) is 4.71. The minimum Gasteiger partial charge on any atom is -0.381 e. The molecule has 0 aliphatic rings. The molecule has 0 aromatic rings. The van der Waals surface area contributed by atoms with Crippen LogP contribution in [0, 0.1) is 12.3 Å². The van der Waals surface area contributed by atoms with Crippen molar-refractivity contribution in [2.45, 2.75) is 33.6 Å². The van der Waals surface area contributed by atoms with Crippen molar-refractivity contribution in [2.75, 3.05) is 13.2 Å². The van der Waals surface area contributed by atoms with Crippen LogP contribution in [-0.4, -0.2) is 13.2 Å². The lowest BCUT2D eigenvalue weighted by Gasteiger charge is -2.17. The van der Waals surface area contributed by atoms with Crippen LogP contribution in [0.2, 0.25) is 0 Å². The molecule has 0 aliphatic heterocycles. The van der Waals surface area contributed by atoms with Crippen LogP contribution in [0.3, 0.4) is 0 Å². The van der Waals surface area contributed by atoms with Crippen molar-refractivity contribution in [2.24, 2.45) is 5.41 Å². The first-order valence-corrected chi connectivity index (χ1v) is 3.99. The molecular weight excluding hydrogens is 124 g/mol. The maximum absolute atomic E-state index is 5.38. The second-order valence-electron chi connectivity index (χ2n) is 3.57. The van der Waals surface area contributed by atoms with Crippen molar-refractivity contribution in [3.8, 4) is 0 Å². The predicted molar refractivity (Wildman–Crippen MR) is 44.9 cm³/mol. The molecular formula is C9H19O. The zero-order valence-corrected chi connectivity index (χ0v) is 7.44. The first-order chi connectivity index (χ1) is 4.56. The van der Waals surface area contributed by atoms with Crippen LogP contribution in [0.4, 0.5) is 0 Å². The van der Waals surface area contributed by atoms with E-state index in [1.807, 2.05) is 0 Å². The van der Waals surface area contributed by atoms with E-state index in [9.17, 15) is 0 Å². The molecule has 10 heavy (non-hydrogen) atoms. The van der Waals surface area contributed by atoms with Gasteiger partial charge in [0, 0.05) is 6.61 Å². The smallest absolute Gasteiger partial charge is 0.0517 e. The molecule has 1 heteroatoms. The number of ether oxygens (including phenoxy) is 1. The molecule has 0 unspecified atom stereocenters. The topological polar surface area (TPSA) is 9.23 Å². The van der Waals surface area contributed by atoms with Gasteiger partial charge >= 0.3 is 0 Å². The van der Waals surface area contributed by atoms with Gasteiger partial charge in [-0.2, -0.15) is 0 Å². The Balaban J connectivity index is 3.04. The number of unbranched alkanes of at least 4 members (excludes halogenated alkanes) is 1. The lowest BCUT2D eigenvalue weighted by molar-refractivity contribution is 0.0804. The van der Waals surface area contributed by atoms with E-state index in [2.05, 4.69) is 27.7 Å². The molecule has 0 saturated carbocycles. The molecule has 0 spiro atoms. The summed E-state index contributed by atoms with van der Waals surface area (Å²) in [4.78, 5) is 0. The molecule has 0 saturated heterocycles. The SMILES string of the molecule is [CH2]C(C)(C)COCCCC. The average Bonchev–Trinajstić information content (AvgIpc) is 1.78. The summed E-state index contributed by atoms with van der Waals surface area (Å²) in [5, 5.41) is 0. The molecule has 0 amide bonds. The largest absolute Gasteiger partial charge is 0.381 e. The Bertz CT molecular complexity index is 71.3. The summed E-state index contributed by atoms with van der Waals surface area (Å²) in [6, 6.07) is 0. The summed E-state index contributed by atoms with van der Waals surface area (Å²) in [7, 11) is 0. The quantitative estimate of drug-likeness (QED) is 0.538. The van der Waals surface area contributed by atoms with E-state index in [4.69, 9.17) is 4.74 Å². The summed E-state index contributed by atoms with van der Waals surface area (Å²) in [6.45, 7) is 11.9. The van der Waals surface area contributed by atoms with Crippen molar-refractivity contribution in [1.29, 1.82) is 0 Å². The Labute approximate surface area is 64.8 Å². The fraction of sp³-hybridized carbons (Fsp3) is 0.889. The Morgan fingerprint density at radius 3 is 2.40 bits per heavy atom. The maximum atomic E-state index is 5.38. The average molecular weight is 143 g/mol. The highest BCUT2D eigenvalue weighted by Gasteiger charge is 2.09. The van der Waals surface area contributed by atoms with E-state index in [0.717, 1.165) is 19.6 Å². The fourth-order valence-electron chi connectivity index (χ4n) is 0.595. The lowest BCUT2D eigenvalue weighted by atomic mass is 9.99. The van der Waals surface area contributed by atoms with Gasteiger partial charge in [0.2, 0.25) is 0 Å². The standard InChI is InChI=1S/C9H19O/c1-5-6-7-10-8-9(2,3)4/h2,5-8H2,1,3-4H3. The molecule has 0 heterocycles. The van der Waals surface area contributed by atoms with Gasteiger partial charge in [-0.05, 0) is 18.8 Å². The van der Waals surface area contributed by atoms with E-state index >= 15 is 0 Å². The summed E-state index contributed by atoms with van der Waals surface area (Å²) in [6.07, 6.45) is 2.37. The van der Waals surface area contributed by atoms with Crippen molar-refractivity contribution < 1.29 is 4.74 Å². The lowest BCUT2D eigenvalue weighted by Crippen LogP contribution is -2.15. The second kappa shape index (κ2) is 4.73. The van der Waals surface area contributed by atoms with Crippen LogP contribution in [-0.2, 0) is 4.74 Å². The molecule has 0 aromatic carbocycles. The highest BCUT2D eigenvalue weighted by Crippen LogP contribution is 2.12. The monoisotopic (exact) mass is 143 g/mol. The molecule has 0 rings (SSSR count). The van der Waals surface area contributed by atoms with E-state index in [-0.39, 0.29) is 5.41 Å². The molecule has 0 atom stereocenters. The van der Waals surface area contributed by atoms with Gasteiger partial charge in [0.15, 0.2) is 0 Å². The van der Waals surface area contributed by atoms with Gasteiger partial charge in [0.05, 0.1) is 6.61 Å². The molecule has 0 aromatic heterocycles. The van der Waals surface area contributed by atoms with Crippen molar-refractivity contribution >= 4 is 0 Å². The van der Waals surface area contributed by atoms with Crippen LogP contribution in [0.25, 0.3) is 0 Å². The highest BCUT2D eigenvalue weighted by molar-refractivity contribution is 4.68. The van der Waals surface area contributed by atoms with Crippen LogP contribution >= 0.6 is 0 Å². The van der Waals surface area contributed by atoms with Gasteiger partial charge in [-0.3, -0.25) is 0 Å². The van der Waals surface area contributed by atoms with Crippen LogP contribution in [0.1, 0.15) is 33.6 Å². The molecule has 0 bridgehead atoms.